The zero-order chi connectivity index (χ0) is 15.8. The fourth-order valence-corrected chi connectivity index (χ4v) is 2.17. The average molecular weight is 294 g/mol. The van der Waals surface area contributed by atoms with Crippen molar-refractivity contribution >= 4 is 11.8 Å². The van der Waals surface area contributed by atoms with Gasteiger partial charge in [0.05, 0.1) is 13.2 Å². The number of carbonyl (C=O) groups excluding carboxylic acids is 2. The van der Waals surface area contributed by atoms with Crippen LogP contribution in [-0.2, 0) is 14.9 Å². The first-order valence-corrected chi connectivity index (χ1v) is 6.92. The minimum absolute atomic E-state index is 0.113. The van der Waals surface area contributed by atoms with E-state index in [4.69, 9.17) is 10.5 Å². The summed E-state index contributed by atoms with van der Waals surface area (Å²) < 4.78 is 5.41. The van der Waals surface area contributed by atoms with Crippen molar-refractivity contribution in [2.75, 3.05) is 19.7 Å². The molecule has 7 nitrogen and oxygen atoms in total. The van der Waals surface area contributed by atoms with Crippen molar-refractivity contribution in [1.29, 1.82) is 0 Å². The van der Waals surface area contributed by atoms with Crippen LogP contribution >= 0.6 is 0 Å². The van der Waals surface area contributed by atoms with Crippen molar-refractivity contribution in [1.82, 2.24) is 15.1 Å². The number of primary amides is 1. The smallest absolute Gasteiger partial charge is 0.274 e. The predicted octanol–water partition coefficient (Wildman–Crippen LogP) is 0.424. The molecule has 21 heavy (non-hydrogen) atoms. The standard InChI is InChI=1S/C14H22N4O3/c1-13(2,3)10-7-9(16-17-10)11(19)18-5-6-21-14(4,8-18)12(15)20/h7H,5-6,8H2,1-4H3,(H2,15,20)(H,16,17)/t14-/m0/s1. The van der Waals surface area contributed by atoms with Gasteiger partial charge < -0.3 is 15.4 Å². The van der Waals surface area contributed by atoms with Gasteiger partial charge in [0, 0.05) is 17.7 Å². The summed E-state index contributed by atoms with van der Waals surface area (Å²) in [7, 11) is 0. The summed E-state index contributed by atoms with van der Waals surface area (Å²) in [5.74, 6) is -0.796. The van der Waals surface area contributed by atoms with Crippen LogP contribution in [0.4, 0.5) is 0 Å². The van der Waals surface area contributed by atoms with Gasteiger partial charge in [0.15, 0.2) is 5.60 Å². The molecule has 1 fully saturated rings. The van der Waals surface area contributed by atoms with Crippen LogP contribution in [0.25, 0.3) is 0 Å². The van der Waals surface area contributed by atoms with E-state index in [1.54, 1.807) is 17.9 Å². The molecule has 2 rings (SSSR count). The van der Waals surface area contributed by atoms with Crippen LogP contribution < -0.4 is 5.73 Å². The zero-order valence-corrected chi connectivity index (χ0v) is 12.9. The lowest BCUT2D eigenvalue weighted by molar-refractivity contribution is -0.150. The first kappa shape index (κ1) is 15.5. The van der Waals surface area contributed by atoms with Gasteiger partial charge in [-0.1, -0.05) is 20.8 Å². The number of nitrogens with two attached hydrogens (primary N) is 1. The van der Waals surface area contributed by atoms with Crippen LogP contribution in [0.2, 0.25) is 0 Å². The molecule has 0 radical (unpaired) electrons. The van der Waals surface area contributed by atoms with Gasteiger partial charge in [-0.3, -0.25) is 14.7 Å². The Morgan fingerprint density at radius 1 is 1.48 bits per heavy atom. The fourth-order valence-electron chi connectivity index (χ4n) is 2.17. The Labute approximate surface area is 123 Å². The molecule has 7 heteroatoms. The second-order valence-electron chi connectivity index (χ2n) is 6.59. The molecular formula is C14H22N4O3. The van der Waals surface area contributed by atoms with Gasteiger partial charge in [0.25, 0.3) is 11.8 Å². The predicted molar refractivity (Wildman–Crippen MR) is 76.7 cm³/mol. The number of ether oxygens (including phenoxy) is 1. The van der Waals surface area contributed by atoms with Crippen LogP contribution in [0.3, 0.4) is 0 Å². The molecule has 1 aliphatic rings. The zero-order valence-electron chi connectivity index (χ0n) is 12.9. The topological polar surface area (TPSA) is 101 Å². The van der Waals surface area contributed by atoms with E-state index in [-0.39, 0.29) is 24.5 Å². The van der Waals surface area contributed by atoms with Crippen molar-refractivity contribution in [2.45, 2.75) is 38.7 Å². The Bertz CT molecular complexity index is 561. The van der Waals surface area contributed by atoms with Crippen LogP contribution in [0.5, 0.6) is 0 Å². The number of morpholine rings is 1. The SMILES string of the molecule is CC(C)(C)c1cc(C(=O)N2CCO[C@](C)(C(N)=O)C2)n[nH]1. The second-order valence-corrected chi connectivity index (χ2v) is 6.59. The van der Waals surface area contributed by atoms with Crippen LogP contribution in [0.15, 0.2) is 6.07 Å². The maximum Gasteiger partial charge on any atom is 0.274 e. The van der Waals surface area contributed by atoms with Crippen molar-refractivity contribution in [3.8, 4) is 0 Å². The summed E-state index contributed by atoms with van der Waals surface area (Å²) in [6.07, 6.45) is 0. The van der Waals surface area contributed by atoms with E-state index in [9.17, 15) is 9.59 Å². The van der Waals surface area contributed by atoms with Crippen molar-refractivity contribution in [3.05, 3.63) is 17.5 Å². The molecule has 2 amide bonds. The van der Waals surface area contributed by atoms with Crippen molar-refractivity contribution in [2.24, 2.45) is 5.73 Å². The van der Waals surface area contributed by atoms with Gasteiger partial charge in [-0.05, 0) is 13.0 Å². The monoisotopic (exact) mass is 294 g/mol. The summed E-state index contributed by atoms with van der Waals surface area (Å²) in [6, 6.07) is 1.75. The molecule has 0 aliphatic carbocycles. The highest BCUT2D eigenvalue weighted by molar-refractivity contribution is 5.93. The van der Waals surface area contributed by atoms with Gasteiger partial charge in [-0.25, -0.2) is 0 Å². The highest BCUT2D eigenvalue weighted by Gasteiger charge is 2.39. The Balaban J connectivity index is 2.17. The molecular weight excluding hydrogens is 272 g/mol. The van der Waals surface area contributed by atoms with E-state index in [1.165, 1.54) is 0 Å². The van der Waals surface area contributed by atoms with Crippen LogP contribution in [0, 0.1) is 0 Å². The number of hydrogen-bond acceptors (Lipinski definition) is 4. The molecule has 1 atom stereocenters. The highest BCUT2D eigenvalue weighted by Crippen LogP contribution is 2.22. The molecule has 0 saturated carbocycles. The molecule has 0 aromatic carbocycles. The second kappa shape index (κ2) is 5.14. The summed E-state index contributed by atoms with van der Waals surface area (Å²) in [4.78, 5) is 25.5. The lowest BCUT2D eigenvalue weighted by atomic mass is 9.92. The number of aromatic amines is 1. The maximum atomic E-state index is 12.5. The van der Waals surface area contributed by atoms with E-state index >= 15 is 0 Å². The summed E-state index contributed by atoms with van der Waals surface area (Å²) >= 11 is 0. The Hall–Kier alpha value is -1.89. The fraction of sp³-hybridized carbons (Fsp3) is 0.643. The van der Waals surface area contributed by atoms with Gasteiger partial charge in [-0.15, -0.1) is 0 Å². The molecule has 1 aromatic heterocycles. The molecule has 1 aliphatic heterocycles. The molecule has 0 spiro atoms. The molecule has 1 aromatic rings. The van der Waals surface area contributed by atoms with E-state index in [1.807, 2.05) is 20.8 Å². The Kier molecular flexibility index (Phi) is 3.79. The summed E-state index contributed by atoms with van der Waals surface area (Å²) in [5.41, 5.74) is 5.31. The van der Waals surface area contributed by atoms with Gasteiger partial charge in [-0.2, -0.15) is 5.10 Å². The summed E-state index contributed by atoms with van der Waals surface area (Å²) in [5, 5.41) is 6.97. The van der Waals surface area contributed by atoms with E-state index < -0.39 is 11.5 Å². The average Bonchev–Trinajstić information content (AvgIpc) is 2.87. The summed E-state index contributed by atoms with van der Waals surface area (Å²) in [6.45, 7) is 8.54. The van der Waals surface area contributed by atoms with Crippen molar-refractivity contribution < 1.29 is 14.3 Å². The lowest BCUT2D eigenvalue weighted by Gasteiger charge is -2.37. The van der Waals surface area contributed by atoms with Crippen LogP contribution in [0.1, 0.15) is 43.9 Å². The Morgan fingerprint density at radius 3 is 2.67 bits per heavy atom. The van der Waals surface area contributed by atoms with E-state index in [0.29, 0.717) is 12.2 Å². The number of aromatic nitrogens is 2. The third-order valence-corrected chi connectivity index (χ3v) is 3.69. The third-order valence-electron chi connectivity index (χ3n) is 3.69. The molecule has 0 bridgehead atoms. The molecule has 0 unspecified atom stereocenters. The minimum Gasteiger partial charge on any atom is -0.367 e. The number of amides is 2. The highest BCUT2D eigenvalue weighted by atomic mass is 16.5. The number of nitrogens with zero attached hydrogens (tertiary/aromatic N) is 2. The van der Waals surface area contributed by atoms with Gasteiger partial charge >= 0.3 is 0 Å². The number of H-pyrrole nitrogens is 1. The number of carbonyl (C=O) groups is 2. The number of nitrogens with one attached hydrogen (secondary N) is 1. The molecule has 3 N–H and O–H groups in total. The first-order chi connectivity index (χ1) is 9.63. The molecule has 116 valence electrons. The number of rotatable bonds is 2. The van der Waals surface area contributed by atoms with Gasteiger partial charge in [0.1, 0.15) is 5.69 Å². The van der Waals surface area contributed by atoms with E-state index in [2.05, 4.69) is 10.2 Å². The quantitative estimate of drug-likeness (QED) is 0.825. The first-order valence-electron chi connectivity index (χ1n) is 6.92. The van der Waals surface area contributed by atoms with Crippen LogP contribution in [-0.4, -0.2) is 52.2 Å². The van der Waals surface area contributed by atoms with Gasteiger partial charge in [0.2, 0.25) is 0 Å². The lowest BCUT2D eigenvalue weighted by Crippen LogP contribution is -2.58. The largest absolute Gasteiger partial charge is 0.367 e. The Morgan fingerprint density at radius 2 is 2.14 bits per heavy atom. The normalized spacial score (nSPS) is 23.1. The van der Waals surface area contributed by atoms with E-state index in [0.717, 1.165) is 5.69 Å². The maximum absolute atomic E-state index is 12.5. The minimum atomic E-state index is -1.14. The van der Waals surface area contributed by atoms with Crippen molar-refractivity contribution in [3.63, 3.8) is 0 Å². The molecule has 1 saturated heterocycles. The number of hydrogen-bond donors (Lipinski definition) is 2. The third kappa shape index (κ3) is 3.07. The molecule has 2 heterocycles.